The van der Waals surface area contributed by atoms with Crippen molar-refractivity contribution in [2.24, 2.45) is 11.7 Å². The predicted octanol–water partition coefficient (Wildman–Crippen LogP) is 6.76. The summed E-state index contributed by atoms with van der Waals surface area (Å²) in [4.78, 5) is 11.8. The molecule has 2 N–H and O–H groups in total. The van der Waals surface area contributed by atoms with Gasteiger partial charge in [-0.2, -0.15) is 0 Å². The standard InChI is InChI=1S/C30H31FN2O2/c1-18(2)29-28(21-14-22(15-21)30(32)34)25-16-24(35-17-20-7-5-4-6-8-20)10-12-27(25)33(29)23-9-11-26(31)19(3)13-23/h4-13,16,18,21-22H,14-15,17H2,1-3H3,(H2,32,34). The molecule has 1 aromatic heterocycles. The van der Waals surface area contributed by atoms with Crippen LogP contribution in [0.25, 0.3) is 16.6 Å². The summed E-state index contributed by atoms with van der Waals surface area (Å²) in [5.41, 5.74) is 11.8. The predicted molar refractivity (Wildman–Crippen MR) is 137 cm³/mol. The molecular weight excluding hydrogens is 439 g/mol. The Morgan fingerprint density at radius 3 is 2.49 bits per heavy atom. The van der Waals surface area contributed by atoms with E-state index in [4.69, 9.17) is 10.5 Å². The minimum Gasteiger partial charge on any atom is -0.489 e. The molecule has 1 amide bonds. The van der Waals surface area contributed by atoms with Crippen LogP contribution in [-0.2, 0) is 11.4 Å². The van der Waals surface area contributed by atoms with E-state index in [2.05, 4.69) is 30.5 Å². The lowest BCUT2D eigenvalue weighted by Crippen LogP contribution is -2.34. The number of aromatic nitrogens is 1. The van der Waals surface area contributed by atoms with Crippen LogP contribution >= 0.6 is 0 Å². The van der Waals surface area contributed by atoms with Gasteiger partial charge < -0.3 is 15.0 Å². The molecule has 1 fully saturated rings. The van der Waals surface area contributed by atoms with Gasteiger partial charge in [-0.1, -0.05) is 44.2 Å². The number of ether oxygens (including phenoxy) is 1. The Balaban J connectivity index is 1.64. The summed E-state index contributed by atoms with van der Waals surface area (Å²) in [6.07, 6.45) is 1.51. The van der Waals surface area contributed by atoms with Crippen molar-refractivity contribution in [3.05, 3.63) is 94.9 Å². The van der Waals surface area contributed by atoms with Crippen molar-refractivity contribution >= 4 is 16.8 Å². The molecule has 0 atom stereocenters. The largest absolute Gasteiger partial charge is 0.489 e. The third-order valence-corrected chi connectivity index (χ3v) is 7.16. The van der Waals surface area contributed by atoms with Gasteiger partial charge in [-0.3, -0.25) is 4.79 Å². The summed E-state index contributed by atoms with van der Waals surface area (Å²) < 4.78 is 22.5. The average molecular weight is 471 g/mol. The normalized spacial score (nSPS) is 17.5. The van der Waals surface area contributed by atoms with E-state index in [1.165, 1.54) is 17.3 Å². The van der Waals surface area contributed by atoms with Crippen LogP contribution in [0.3, 0.4) is 0 Å². The molecule has 1 aliphatic carbocycles. The van der Waals surface area contributed by atoms with E-state index in [1.807, 2.05) is 48.5 Å². The Bertz CT molecular complexity index is 1380. The maximum atomic E-state index is 14.1. The number of nitrogens with two attached hydrogens (primary N) is 1. The van der Waals surface area contributed by atoms with E-state index in [-0.39, 0.29) is 29.5 Å². The molecule has 5 rings (SSSR count). The van der Waals surface area contributed by atoms with Crippen molar-refractivity contribution in [2.45, 2.75) is 52.1 Å². The number of carbonyl (C=O) groups is 1. The Hall–Kier alpha value is -3.60. The first kappa shape index (κ1) is 23.2. The first-order valence-corrected chi connectivity index (χ1v) is 12.2. The number of carbonyl (C=O) groups excluding carboxylic acids is 1. The van der Waals surface area contributed by atoms with E-state index in [1.54, 1.807) is 6.92 Å². The highest BCUT2D eigenvalue weighted by atomic mass is 19.1. The quantitative estimate of drug-likeness (QED) is 0.324. The van der Waals surface area contributed by atoms with E-state index < -0.39 is 0 Å². The fraction of sp³-hybridized carbons (Fsp3) is 0.300. The maximum absolute atomic E-state index is 14.1. The van der Waals surface area contributed by atoms with E-state index >= 15 is 0 Å². The van der Waals surface area contributed by atoms with Gasteiger partial charge in [0.25, 0.3) is 0 Å². The Morgan fingerprint density at radius 1 is 1.09 bits per heavy atom. The lowest BCUT2D eigenvalue weighted by atomic mass is 9.69. The highest BCUT2D eigenvalue weighted by Gasteiger charge is 2.38. The van der Waals surface area contributed by atoms with E-state index in [0.29, 0.717) is 12.2 Å². The number of fused-ring (bicyclic) bond motifs is 1. The highest BCUT2D eigenvalue weighted by Crippen LogP contribution is 2.49. The van der Waals surface area contributed by atoms with Gasteiger partial charge in [0.15, 0.2) is 0 Å². The number of primary amides is 1. The first-order chi connectivity index (χ1) is 16.8. The number of hydrogen-bond acceptors (Lipinski definition) is 2. The number of amides is 1. The van der Waals surface area contributed by atoms with Crippen molar-refractivity contribution in [1.82, 2.24) is 4.57 Å². The maximum Gasteiger partial charge on any atom is 0.220 e. The van der Waals surface area contributed by atoms with Crippen LogP contribution in [0.15, 0.2) is 66.7 Å². The van der Waals surface area contributed by atoms with Crippen molar-refractivity contribution < 1.29 is 13.9 Å². The second kappa shape index (κ2) is 9.21. The van der Waals surface area contributed by atoms with Crippen molar-refractivity contribution in [3.8, 4) is 11.4 Å². The summed E-state index contributed by atoms with van der Waals surface area (Å²) in [5, 5.41) is 1.12. The first-order valence-electron chi connectivity index (χ1n) is 12.2. The molecule has 0 aliphatic heterocycles. The van der Waals surface area contributed by atoms with Crippen LogP contribution < -0.4 is 10.5 Å². The zero-order valence-electron chi connectivity index (χ0n) is 20.4. The number of rotatable bonds is 7. The summed E-state index contributed by atoms with van der Waals surface area (Å²) in [7, 11) is 0. The number of benzene rings is 3. The van der Waals surface area contributed by atoms with Gasteiger partial charge in [0.05, 0.1) is 5.52 Å². The van der Waals surface area contributed by atoms with Crippen LogP contribution in [0.5, 0.6) is 5.75 Å². The molecular formula is C30H31FN2O2. The average Bonchev–Trinajstić information content (AvgIpc) is 3.13. The van der Waals surface area contributed by atoms with E-state index in [0.717, 1.165) is 40.7 Å². The third kappa shape index (κ3) is 4.31. The monoisotopic (exact) mass is 470 g/mol. The smallest absolute Gasteiger partial charge is 0.220 e. The Morgan fingerprint density at radius 2 is 1.83 bits per heavy atom. The molecule has 4 nitrogen and oxygen atoms in total. The summed E-state index contributed by atoms with van der Waals surface area (Å²) in [5.74, 6) is 0.761. The highest BCUT2D eigenvalue weighted by molar-refractivity contribution is 5.90. The molecule has 0 spiro atoms. The zero-order chi connectivity index (χ0) is 24.7. The fourth-order valence-corrected chi connectivity index (χ4v) is 5.27. The van der Waals surface area contributed by atoms with Crippen LogP contribution in [0.1, 0.15) is 60.9 Å². The lowest BCUT2D eigenvalue weighted by molar-refractivity contribution is -0.124. The van der Waals surface area contributed by atoms with Crippen LogP contribution in [-0.4, -0.2) is 10.5 Å². The van der Waals surface area contributed by atoms with Crippen LogP contribution in [0.4, 0.5) is 4.39 Å². The minimum atomic E-state index is -0.225. The van der Waals surface area contributed by atoms with Gasteiger partial charge >= 0.3 is 0 Å². The van der Waals surface area contributed by atoms with Gasteiger partial charge in [-0.15, -0.1) is 0 Å². The van der Waals surface area contributed by atoms with Gasteiger partial charge in [0, 0.05) is 22.7 Å². The molecule has 0 radical (unpaired) electrons. The molecule has 0 saturated heterocycles. The number of aryl methyl sites for hydroxylation is 1. The number of hydrogen-bond donors (Lipinski definition) is 1. The molecule has 0 bridgehead atoms. The summed E-state index contributed by atoms with van der Waals surface area (Å²) in [6.45, 7) is 6.65. The molecule has 5 heteroatoms. The topological polar surface area (TPSA) is 57.2 Å². The SMILES string of the molecule is Cc1cc(-n2c(C(C)C)c(C3CC(C(N)=O)C3)c3cc(OCc4ccccc4)ccc32)ccc1F. The summed E-state index contributed by atoms with van der Waals surface area (Å²) in [6, 6.07) is 21.6. The third-order valence-electron chi connectivity index (χ3n) is 7.16. The van der Waals surface area contributed by atoms with Crippen molar-refractivity contribution in [3.63, 3.8) is 0 Å². The van der Waals surface area contributed by atoms with Crippen LogP contribution in [0, 0.1) is 18.7 Å². The molecule has 1 heterocycles. The Labute approximate surface area is 205 Å². The van der Waals surface area contributed by atoms with Gasteiger partial charge in [-0.25, -0.2) is 4.39 Å². The zero-order valence-corrected chi connectivity index (χ0v) is 20.4. The lowest BCUT2D eigenvalue weighted by Gasteiger charge is -2.34. The second-order valence-corrected chi connectivity index (χ2v) is 9.94. The molecule has 4 aromatic rings. The molecule has 180 valence electrons. The van der Waals surface area contributed by atoms with Crippen molar-refractivity contribution in [1.29, 1.82) is 0 Å². The van der Waals surface area contributed by atoms with Gasteiger partial charge in [0.1, 0.15) is 18.2 Å². The molecule has 1 aliphatic rings. The number of nitrogens with zero attached hydrogens (tertiary/aromatic N) is 1. The molecule has 0 unspecified atom stereocenters. The van der Waals surface area contributed by atoms with E-state index in [9.17, 15) is 9.18 Å². The molecule has 1 saturated carbocycles. The van der Waals surface area contributed by atoms with Gasteiger partial charge in [-0.05, 0) is 84.7 Å². The fourth-order valence-electron chi connectivity index (χ4n) is 5.27. The number of halogens is 1. The summed E-state index contributed by atoms with van der Waals surface area (Å²) >= 11 is 0. The minimum absolute atomic E-state index is 0.0796. The van der Waals surface area contributed by atoms with Crippen LogP contribution in [0.2, 0.25) is 0 Å². The second-order valence-electron chi connectivity index (χ2n) is 9.94. The molecule has 35 heavy (non-hydrogen) atoms. The Kier molecular flexibility index (Phi) is 6.10. The van der Waals surface area contributed by atoms with Gasteiger partial charge in [0.2, 0.25) is 5.91 Å². The molecule has 3 aromatic carbocycles. The van der Waals surface area contributed by atoms with Crippen molar-refractivity contribution in [2.75, 3.05) is 0 Å².